The Balaban J connectivity index is 2.43. The standard InChI is InChI=1S/C17H19NO3/c1-17(2,16(20)21)15(12-8-4-3-5-9-12)18-13-10-6-7-11-14(13)19/h3-11,15,18-19H,1-2H3,(H,20,21). The maximum atomic E-state index is 11.6. The van der Waals surface area contributed by atoms with Crippen molar-refractivity contribution in [2.24, 2.45) is 5.41 Å². The predicted molar refractivity (Wildman–Crippen MR) is 82.3 cm³/mol. The number of nitrogens with one attached hydrogen (secondary N) is 1. The summed E-state index contributed by atoms with van der Waals surface area (Å²) in [5, 5.41) is 22.6. The van der Waals surface area contributed by atoms with Gasteiger partial charge in [0, 0.05) is 0 Å². The largest absolute Gasteiger partial charge is 0.506 e. The second kappa shape index (κ2) is 5.87. The van der Waals surface area contributed by atoms with E-state index in [1.165, 1.54) is 0 Å². The Labute approximate surface area is 124 Å². The Kier molecular flexibility index (Phi) is 4.17. The minimum atomic E-state index is -1.04. The number of hydrogen-bond donors (Lipinski definition) is 3. The number of phenolic OH excluding ortho intramolecular Hbond substituents is 1. The third-order valence-electron chi connectivity index (χ3n) is 3.61. The van der Waals surface area contributed by atoms with E-state index in [1.807, 2.05) is 30.3 Å². The number of benzene rings is 2. The van der Waals surface area contributed by atoms with Crippen molar-refractivity contribution in [1.82, 2.24) is 0 Å². The highest BCUT2D eigenvalue weighted by Crippen LogP contribution is 2.38. The maximum Gasteiger partial charge on any atom is 0.311 e. The van der Waals surface area contributed by atoms with Gasteiger partial charge in [-0.2, -0.15) is 0 Å². The Bertz CT molecular complexity index is 623. The number of carboxylic acids is 1. The first kappa shape index (κ1) is 14.9. The average molecular weight is 285 g/mol. The van der Waals surface area contributed by atoms with Crippen LogP contribution >= 0.6 is 0 Å². The van der Waals surface area contributed by atoms with Crippen molar-refractivity contribution in [3.63, 3.8) is 0 Å². The first-order chi connectivity index (χ1) is 9.93. The van der Waals surface area contributed by atoms with E-state index in [4.69, 9.17) is 0 Å². The van der Waals surface area contributed by atoms with Gasteiger partial charge in [0.15, 0.2) is 0 Å². The molecule has 21 heavy (non-hydrogen) atoms. The van der Waals surface area contributed by atoms with E-state index in [2.05, 4.69) is 5.32 Å². The van der Waals surface area contributed by atoms with Crippen LogP contribution in [0.2, 0.25) is 0 Å². The van der Waals surface area contributed by atoms with E-state index < -0.39 is 17.4 Å². The zero-order valence-electron chi connectivity index (χ0n) is 12.1. The van der Waals surface area contributed by atoms with Crippen LogP contribution in [0.1, 0.15) is 25.5 Å². The fourth-order valence-electron chi connectivity index (χ4n) is 2.20. The number of phenols is 1. The van der Waals surface area contributed by atoms with Crippen molar-refractivity contribution in [3.8, 4) is 5.75 Å². The van der Waals surface area contributed by atoms with Crippen molar-refractivity contribution in [3.05, 3.63) is 60.2 Å². The summed E-state index contributed by atoms with van der Waals surface area (Å²) in [6.07, 6.45) is 0. The van der Waals surface area contributed by atoms with Crippen molar-refractivity contribution in [2.75, 3.05) is 5.32 Å². The minimum absolute atomic E-state index is 0.0969. The second-order valence-electron chi connectivity index (χ2n) is 5.53. The molecule has 0 heterocycles. The molecule has 110 valence electrons. The third-order valence-corrected chi connectivity index (χ3v) is 3.61. The highest BCUT2D eigenvalue weighted by molar-refractivity contribution is 5.76. The molecular weight excluding hydrogens is 266 g/mol. The van der Waals surface area contributed by atoms with E-state index in [9.17, 15) is 15.0 Å². The lowest BCUT2D eigenvalue weighted by Crippen LogP contribution is -2.35. The van der Waals surface area contributed by atoms with Gasteiger partial charge in [0.05, 0.1) is 17.1 Å². The zero-order chi connectivity index (χ0) is 15.5. The van der Waals surface area contributed by atoms with E-state index >= 15 is 0 Å². The minimum Gasteiger partial charge on any atom is -0.506 e. The molecule has 0 aromatic heterocycles. The number of aromatic hydroxyl groups is 1. The van der Waals surface area contributed by atoms with Crippen LogP contribution in [-0.2, 0) is 4.79 Å². The van der Waals surface area contributed by atoms with Crippen LogP contribution in [0.25, 0.3) is 0 Å². The number of hydrogen-bond acceptors (Lipinski definition) is 3. The summed E-state index contributed by atoms with van der Waals surface area (Å²) in [5.41, 5.74) is 0.331. The van der Waals surface area contributed by atoms with Gasteiger partial charge in [-0.3, -0.25) is 4.79 Å². The maximum absolute atomic E-state index is 11.6. The normalized spacial score (nSPS) is 12.7. The predicted octanol–water partition coefficient (Wildman–Crippen LogP) is 3.66. The number of anilines is 1. The van der Waals surface area contributed by atoms with Gasteiger partial charge in [-0.15, -0.1) is 0 Å². The average Bonchev–Trinajstić information content (AvgIpc) is 2.47. The van der Waals surface area contributed by atoms with Gasteiger partial charge in [-0.25, -0.2) is 0 Å². The Morgan fingerprint density at radius 1 is 1.05 bits per heavy atom. The quantitative estimate of drug-likeness (QED) is 0.733. The molecule has 0 aliphatic heterocycles. The first-order valence-electron chi connectivity index (χ1n) is 6.76. The van der Waals surface area contributed by atoms with Crippen LogP contribution in [0.15, 0.2) is 54.6 Å². The van der Waals surface area contributed by atoms with Gasteiger partial charge in [0.1, 0.15) is 5.75 Å². The molecule has 2 rings (SSSR count). The molecule has 4 nitrogen and oxygen atoms in total. The fourth-order valence-corrected chi connectivity index (χ4v) is 2.20. The van der Waals surface area contributed by atoms with Crippen LogP contribution in [0.5, 0.6) is 5.75 Å². The molecule has 1 unspecified atom stereocenters. The summed E-state index contributed by atoms with van der Waals surface area (Å²) in [5.74, 6) is -0.807. The second-order valence-corrected chi connectivity index (χ2v) is 5.53. The van der Waals surface area contributed by atoms with E-state index in [-0.39, 0.29) is 5.75 Å². The van der Waals surface area contributed by atoms with Crippen molar-refractivity contribution in [2.45, 2.75) is 19.9 Å². The van der Waals surface area contributed by atoms with Crippen LogP contribution in [-0.4, -0.2) is 16.2 Å². The first-order valence-corrected chi connectivity index (χ1v) is 6.76. The van der Waals surface area contributed by atoms with Gasteiger partial charge in [0.2, 0.25) is 0 Å². The van der Waals surface area contributed by atoms with Gasteiger partial charge >= 0.3 is 5.97 Å². The summed E-state index contributed by atoms with van der Waals surface area (Å²) < 4.78 is 0. The van der Waals surface area contributed by atoms with Crippen molar-refractivity contribution in [1.29, 1.82) is 0 Å². The molecule has 0 spiro atoms. The van der Waals surface area contributed by atoms with Crippen LogP contribution in [0, 0.1) is 5.41 Å². The lowest BCUT2D eigenvalue weighted by atomic mass is 9.80. The Morgan fingerprint density at radius 3 is 2.19 bits per heavy atom. The topological polar surface area (TPSA) is 69.6 Å². The highest BCUT2D eigenvalue weighted by atomic mass is 16.4. The molecule has 1 atom stereocenters. The molecule has 0 radical (unpaired) electrons. The number of para-hydroxylation sites is 2. The monoisotopic (exact) mass is 285 g/mol. The smallest absolute Gasteiger partial charge is 0.311 e. The molecule has 4 heteroatoms. The fraction of sp³-hybridized carbons (Fsp3) is 0.235. The van der Waals surface area contributed by atoms with Crippen molar-refractivity contribution >= 4 is 11.7 Å². The molecule has 2 aromatic rings. The van der Waals surface area contributed by atoms with E-state index in [0.717, 1.165) is 5.56 Å². The third kappa shape index (κ3) is 3.16. The molecule has 0 aliphatic carbocycles. The van der Waals surface area contributed by atoms with Crippen molar-refractivity contribution < 1.29 is 15.0 Å². The summed E-state index contributed by atoms with van der Waals surface area (Å²) in [4.78, 5) is 11.6. The number of rotatable bonds is 5. The molecule has 0 saturated carbocycles. The molecule has 0 saturated heterocycles. The summed E-state index contributed by atoms with van der Waals surface area (Å²) >= 11 is 0. The zero-order valence-corrected chi connectivity index (χ0v) is 12.1. The molecule has 3 N–H and O–H groups in total. The van der Waals surface area contributed by atoms with E-state index in [1.54, 1.807) is 38.1 Å². The molecule has 0 amide bonds. The van der Waals surface area contributed by atoms with E-state index in [0.29, 0.717) is 5.69 Å². The van der Waals surface area contributed by atoms with Crippen LogP contribution < -0.4 is 5.32 Å². The van der Waals surface area contributed by atoms with Crippen LogP contribution in [0.4, 0.5) is 5.69 Å². The van der Waals surface area contributed by atoms with Gasteiger partial charge < -0.3 is 15.5 Å². The molecule has 0 fully saturated rings. The number of aliphatic carboxylic acids is 1. The lowest BCUT2D eigenvalue weighted by Gasteiger charge is -2.32. The summed E-state index contributed by atoms with van der Waals surface area (Å²) in [6.45, 7) is 3.33. The SMILES string of the molecule is CC(C)(C(=O)O)C(Nc1ccccc1O)c1ccccc1. The number of carbonyl (C=O) groups is 1. The number of carboxylic acid groups (broad SMARTS) is 1. The molecule has 2 aromatic carbocycles. The summed E-state index contributed by atoms with van der Waals surface area (Å²) in [6, 6.07) is 15.7. The molecular formula is C17H19NO3. The Morgan fingerprint density at radius 2 is 1.62 bits per heavy atom. The lowest BCUT2D eigenvalue weighted by molar-refractivity contribution is -0.147. The van der Waals surface area contributed by atoms with Crippen LogP contribution in [0.3, 0.4) is 0 Å². The van der Waals surface area contributed by atoms with Gasteiger partial charge in [0.25, 0.3) is 0 Å². The van der Waals surface area contributed by atoms with Gasteiger partial charge in [-0.05, 0) is 31.5 Å². The molecule has 0 bridgehead atoms. The Hall–Kier alpha value is -2.49. The van der Waals surface area contributed by atoms with Gasteiger partial charge in [-0.1, -0.05) is 42.5 Å². The summed E-state index contributed by atoms with van der Waals surface area (Å²) in [7, 11) is 0. The molecule has 0 aliphatic rings. The highest BCUT2D eigenvalue weighted by Gasteiger charge is 2.38.